The average molecular weight is 436 g/mol. The van der Waals surface area contributed by atoms with Gasteiger partial charge in [-0.2, -0.15) is 0 Å². The Morgan fingerprint density at radius 2 is 1.74 bits per heavy atom. The molecule has 10 N–H and O–H groups in total. The van der Waals surface area contributed by atoms with E-state index in [-0.39, 0.29) is 30.6 Å². The van der Waals surface area contributed by atoms with Crippen LogP contribution in [0.4, 0.5) is 5.69 Å². The normalized spacial score (nSPS) is 12.5. The van der Waals surface area contributed by atoms with E-state index in [0.29, 0.717) is 25.1 Å². The summed E-state index contributed by atoms with van der Waals surface area (Å²) in [5.41, 5.74) is 16.8. The Bertz CT molecular complexity index is 761. The number of hydrogen-bond donors (Lipinski definition) is 7. The number of rotatable bonds is 12. The van der Waals surface area contributed by atoms with Gasteiger partial charge in [-0.05, 0) is 49.4 Å². The van der Waals surface area contributed by atoms with E-state index in [9.17, 15) is 19.5 Å². The second-order valence-electron chi connectivity index (χ2n) is 7.56. The lowest BCUT2D eigenvalue weighted by Crippen LogP contribution is -2.49. The van der Waals surface area contributed by atoms with Crippen molar-refractivity contribution in [1.82, 2.24) is 10.6 Å². The van der Waals surface area contributed by atoms with Crippen LogP contribution in [0.1, 0.15) is 33.1 Å². The number of nitrogens with zero attached hydrogens (tertiary/aromatic N) is 1. The molecule has 0 radical (unpaired) electrons. The highest BCUT2D eigenvalue weighted by Gasteiger charge is 2.22. The number of guanidine groups is 1. The van der Waals surface area contributed by atoms with E-state index in [1.807, 2.05) is 13.8 Å². The second kappa shape index (κ2) is 13.1. The molecule has 0 saturated carbocycles. The van der Waals surface area contributed by atoms with E-state index < -0.39 is 29.8 Å². The Kier molecular flexibility index (Phi) is 10.8. The molecule has 1 aromatic carbocycles. The molecule has 11 heteroatoms. The zero-order chi connectivity index (χ0) is 23.4. The minimum atomic E-state index is -0.878. The number of phenolic OH excluding ortho intramolecular Hbond substituents is 1. The Hall–Kier alpha value is -3.34. The van der Waals surface area contributed by atoms with Crippen LogP contribution >= 0.6 is 0 Å². The molecule has 11 nitrogen and oxygen atoms in total. The van der Waals surface area contributed by atoms with Crippen molar-refractivity contribution in [3.8, 4) is 5.75 Å². The van der Waals surface area contributed by atoms with Crippen molar-refractivity contribution in [1.29, 1.82) is 0 Å². The summed E-state index contributed by atoms with van der Waals surface area (Å²) in [5, 5.41) is 17.1. The fourth-order valence-corrected chi connectivity index (χ4v) is 2.71. The average Bonchev–Trinajstić information content (AvgIpc) is 2.69. The first-order chi connectivity index (χ1) is 14.6. The largest absolute Gasteiger partial charge is 0.508 e. The highest BCUT2D eigenvalue weighted by Crippen LogP contribution is 2.14. The molecule has 0 unspecified atom stereocenters. The number of benzene rings is 1. The number of nitrogens with one attached hydrogen (secondary N) is 3. The van der Waals surface area contributed by atoms with E-state index in [4.69, 9.17) is 17.2 Å². The van der Waals surface area contributed by atoms with Gasteiger partial charge in [0.15, 0.2) is 5.96 Å². The third-order valence-electron chi connectivity index (χ3n) is 4.22. The first-order valence-corrected chi connectivity index (χ1v) is 10.1. The minimum Gasteiger partial charge on any atom is -0.508 e. The van der Waals surface area contributed by atoms with Gasteiger partial charge < -0.3 is 38.3 Å². The molecule has 0 saturated heterocycles. The molecule has 3 amide bonds. The Labute approximate surface area is 181 Å². The maximum atomic E-state index is 12.6. The number of carbonyl (C=O) groups is 3. The van der Waals surface area contributed by atoms with Gasteiger partial charge in [-0.3, -0.25) is 19.4 Å². The van der Waals surface area contributed by atoms with Crippen LogP contribution in [0.25, 0.3) is 0 Å². The SMILES string of the molecule is CC(C)C[C@H](N)C(=O)NCC(=O)N[C@@H](CCCN=C(N)N)C(=O)Nc1ccc(O)cc1. The van der Waals surface area contributed by atoms with Crippen molar-refractivity contribution >= 4 is 29.4 Å². The van der Waals surface area contributed by atoms with Crippen LogP contribution in [0, 0.1) is 5.92 Å². The molecule has 0 aliphatic heterocycles. The summed E-state index contributed by atoms with van der Waals surface area (Å²) in [6.45, 7) is 3.88. The maximum Gasteiger partial charge on any atom is 0.246 e. The summed E-state index contributed by atoms with van der Waals surface area (Å²) < 4.78 is 0. The van der Waals surface area contributed by atoms with Gasteiger partial charge in [0, 0.05) is 12.2 Å². The zero-order valence-corrected chi connectivity index (χ0v) is 17.9. The molecular weight excluding hydrogens is 402 g/mol. The lowest BCUT2D eigenvalue weighted by Gasteiger charge is -2.19. The summed E-state index contributed by atoms with van der Waals surface area (Å²) >= 11 is 0. The monoisotopic (exact) mass is 435 g/mol. The molecule has 1 rings (SSSR count). The minimum absolute atomic E-state index is 0.0606. The van der Waals surface area contributed by atoms with Crippen molar-refractivity contribution < 1.29 is 19.5 Å². The van der Waals surface area contributed by atoms with E-state index >= 15 is 0 Å². The van der Waals surface area contributed by atoms with Crippen LogP contribution in [0.5, 0.6) is 5.75 Å². The Morgan fingerprint density at radius 3 is 2.32 bits per heavy atom. The highest BCUT2D eigenvalue weighted by molar-refractivity contribution is 5.97. The van der Waals surface area contributed by atoms with Crippen LogP contribution in [-0.4, -0.2) is 54.0 Å². The molecule has 0 spiro atoms. The number of phenols is 1. The topological polar surface area (TPSA) is 198 Å². The summed E-state index contributed by atoms with van der Waals surface area (Å²) in [5.74, 6) is -1.17. The molecular formula is C20H33N7O4. The molecule has 31 heavy (non-hydrogen) atoms. The summed E-state index contributed by atoms with van der Waals surface area (Å²) in [4.78, 5) is 40.8. The van der Waals surface area contributed by atoms with Crippen LogP contribution < -0.4 is 33.2 Å². The van der Waals surface area contributed by atoms with Crippen LogP contribution in [-0.2, 0) is 14.4 Å². The number of carbonyl (C=O) groups excluding carboxylic acids is 3. The molecule has 0 aliphatic rings. The van der Waals surface area contributed by atoms with Gasteiger partial charge in [-0.25, -0.2) is 0 Å². The van der Waals surface area contributed by atoms with Gasteiger partial charge in [0.25, 0.3) is 0 Å². The molecule has 0 aromatic heterocycles. The molecule has 0 aliphatic carbocycles. The predicted molar refractivity (Wildman–Crippen MR) is 119 cm³/mol. The van der Waals surface area contributed by atoms with Gasteiger partial charge in [-0.15, -0.1) is 0 Å². The molecule has 0 heterocycles. The first-order valence-electron chi connectivity index (χ1n) is 10.1. The number of nitrogens with two attached hydrogens (primary N) is 3. The molecule has 1 aromatic rings. The third kappa shape index (κ3) is 10.8. The lowest BCUT2D eigenvalue weighted by molar-refractivity contribution is -0.128. The maximum absolute atomic E-state index is 12.6. The predicted octanol–water partition coefficient (Wildman–Crippen LogP) is -0.641. The Balaban J connectivity index is 2.68. The first kappa shape index (κ1) is 25.7. The van der Waals surface area contributed by atoms with E-state index in [1.54, 1.807) is 0 Å². The summed E-state index contributed by atoms with van der Waals surface area (Å²) in [6, 6.07) is 4.33. The van der Waals surface area contributed by atoms with Gasteiger partial charge in [0.1, 0.15) is 11.8 Å². The number of amides is 3. The lowest BCUT2D eigenvalue weighted by atomic mass is 10.0. The van der Waals surface area contributed by atoms with E-state index in [1.165, 1.54) is 24.3 Å². The number of aliphatic imine (C=N–C) groups is 1. The van der Waals surface area contributed by atoms with Crippen molar-refractivity contribution in [2.45, 2.75) is 45.2 Å². The van der Waals surface area contributed by atoms with E-state index in [2.05, 4.69) is 20.9 Å². The fraction of sp³-hybridized carbons (Fsp3) is 0.500. The van der Waals surface area contributed by atoms with Crippen LogP contribution in [0.3, 0.4) is 0 Å². The number of hydrogen-bond acceptors (Lipinski definition) is 6. The van der Waals surface area contributed by atoms with Crippen molar-refractivity contribution in [2.75, 3.05) is 18.4 Å². The fourth-order valence-electron chi connectivity index (χ4n) is 2.71. The Morgan fingerprint density at radius 1 is 1.10 bits per heavy atom. The van der Waals surface area contributed by atoms with Gasteiger partial charge in [0.2, 0.25) is 17.7 Å². The zero-order valence-electron chi connectivity index (χ0n) is 17.9. The van der Waals surface area contributed by atoms with Crippen molar-refractivity contribution in [3.63, 3.8) is 0 Å². The van der Waals surface area contributed by atoms with Gasteiger partial charge >= 0.3 is 0 Å². The molecule has 2 atom stereocenters. The number of aromatic hydroxyl groups is 1. The molecule has 0 fully saturated rings. The smallest absolute Gasteiger partial charge is 0.246 e. The van der Waals surface area contributed by atoms with Gasteiger partial charge in [0.05, 0.1) is 12.6 Å². The molecule has 172 valence electrons. The van der Waals surface area contributed by atoms with Gasteiger partial charge in [-0.1, -0.05) is 13.8 Å². The van der Waals surface area contributed by atoms with Crippen LogP contribution in [0.2, 0.25) is 0 Å². The summed E-state index contributed by atoms with van der Waals surface area (Å²) in [7, 11) is 0. The number of anilines is 1. The standard InChI is InChI=1S/C20H33N7O4/c1-12(2)10-15(21)18(30)25-11-17(29)27-16(4-3-9-24-20(22)23)19(31)26-13-5-7-14(28)8-6-13/h5-8,12,15-16,28H,3-4,9-11,21H2,1-2H3,(H,25,30)(H,26,31)(H,27,29)(H4,22,23,24)/t15-,16-/m0/s1. The summed E-state index contributed by atoms with van der Waals surface area (Å²) in [6.07, 6.45) is 1.21. The van der Waals surface area contributed by atoms with Crippen molar-refractivity contribution in [3.05, 3.63) is 24.3 Å². The van der Waals surface area contributed by atoms with Crippen molar-refractivity contribution in [2.24, 2.45) is 28.1 Å². The highest BCUT2D eigenvalue weighted by atomic mass is 16.3. The van der Waals surface area contributed by atoms with Crippen LogP contribution in [0.15, 0.2) is 29.3 Å². The second-order valence-corrected chi connectivity index (χ2v) is 7.56. The quantitative estimate of drug-likeness (QED) is 0.0979. The van der Waals surface area contributed by atoms with E-state index in [0.717, 1.165) is 0 Å². The third-order valence-corrected chi connectivity index (χ3v) is 4.22. The molecule has 0 bridgehead atoms.